The zero-order valence-electron chi connectivity index (χ0n) is 20.8. The quantitative estimate of drug-likeness (QED) is 0.323. The first-order valence-electron chi connectivity index (χ1n) is 11.6. The fraction of sp³-hybridized carbons (Fsp3) is 0.440. The summed E-state index contributed by atoms with van der Waals surface area (Å²) >= 11 is 0. The lowest BCUT2D eigenvalue weighted by molar-refractivity contribution is -0.138. The number of rotatable bonds is 2. The van der Waals surface area contributed by atoms with Crippen molar-refractivity contribution in [2.24, 2.45) is 5.41 Å². The molecule has 0 amide bonds. The molecule has 0 bridgehead atoms. The molecule has 2 aromatic rings. The van der Waals surface area contributed by atoms with Gasteiger partial charge >= 0.3 is 19.5 Å². The molecular formula is C25H30BF6N3O2. The monoisotopic (exact) mass is 529 g/mol. The molecule has 0 radical (unpaired) electrons. The minimum atomic E-state index is -4.43. The Labute approximate surface area is 212 Å². The number of halogens is 6. The summed E-state index contributed by atoms with van der Waals surface area (Å²) in [6, 6.07) is 7.10. The highest BCUT2D eigenvalue weighted by Gasteiger charge is 2.37. The molecule has 4 rings (SSSR count). The van der Waals surface area contributed by atoms with Gasteiger partial charge in [0.1, 0.15) is 0 Å². The highest BCUT2D eigenvalue weighted by atomic mass is 19.4. The average Bonchev–Trinajstić information content (AvgIpc) is 2.78. The predicted molar refractivity (Wildman–Crippen MR) is 133 cm³/mol. The maximum atomic E-state index is 12.7. The van der Waals surface area contributed by atoms with Gasteiger partial charge in [0.25, 0.3) is 0 Å². The van der Waals surface area contributed by atoms with Crippen LogP contribution in [0.4, 0.5) is 37.7 Å². The molecule has 37 heavy (non-hydrogen) atoms. The van der Waals surface area contributed by atoms with Gasteiger partial charge in [-0.2, -0.15) is 26.3 Å². The van der Waals surface area contributed by atoms with E-state index in [1.165, 1.54) is 12.1 Å². The standard InChI is InChI=1S/C13H15F3N2.C12H15BF3NO2/c1-18-4-2-9(3-5-18)10-6-11(13(14,15)16)8-12(17)7-10;1-11(2)6-18-13(19-7-11)9-3-8(12(14,15)16)4-10(17)5-9/h2,6-8H,3-5,17H2,1H3;3-5H,6-7,17H2,1-2H3. The van der Waals surface area contributed by atoms with E-state index in [4.69, 9.17) is 20.8 Å². The van der Waals surface area contributed by atoms with Gasteiger partial charge in [-0.25, -0.2) is 0 Å². The van der Waals surface area contributed by atoms with E-state index in [1.807, 2.05) is 27.0 Å². The molecular weight excluding hydrogens is 499 g/mol. The van der Waals surface area contributed by atoms with Crippen molar-refractivity contribution in [3.8, 4) is 0 Å². The molecule has 12 heteroatoms. The van der Waals surface area contributed by atoms with Gasteiger partial charge < -0.3 is 25.7 Å². The molecule has 2 aliphatic heterocycles. The van der Waals surface area contributed by atoms with Gasteiger partial charge in [-0.15, -0.1) is 0 Å². The van der Waals surface area contributed by atoms with Gasteiger partial charge in [0, 0.05) is 43.1 Å². The van der Waals surface area contributed by atoms with E-state index in [2.05, 4.69) is 4.90 Å². The lowest BCUT2D eigenvalue weighted by atomic mass is 9.75. The topological polar surface area (TPSA) is 73.7 Å². The number of likely N-dealkylation sites (N-methyl/N-ethyl adjacent to an activating group) is 1. The van der Waals surface area contributed by atoms with Crippen LogP contribution >= 0.6 is 0 Å². The van der Waals surface area contributed by atoms with E-state index < -0.39 is 30.6 Å². The van der Waals surface area contributed by atoms with Gasteiger partial charge in [0.2, 0.25) is 0 Å². The third-order valence-electron chi connectivity index (χ3n) is 5.89. The molecule has 2 heterocycles. The summed E-state index contributed by atoms with van der Waals surface area (Å²) in [5, 5.41) is 0. The maximum Gasteiger partial charge on any atom is 0.493 e. The van der Waals surface area contributed by atoms with E-state index in [-0.39, 0.29) is 16.8 Å². The molecule has 4 N–H and O–H groups in total. The highest BCUT2D eigenvalue weighted by molar-refractivity contribution is 6.61. The first-order valence-corrected chi connectivity index (χ1v) is 11.6. The molecule has 5 nitrogen and oxygen atoms in total. The fourth-order valence-corrected chi connectivity index (χ4v) is 3.89. The van der Waals surface area contributed by atoms with Gasteiger partial charge in [0.05, 0.1) is 11.1 Å². The summed E-state index contributed by atoms with van der Waals surface area (Å²) in [5.41, 5.74) is 11.5. The average molecular weight is 529 g/mol. The Hall–Kier alpha value is -2.70. The van der Waals surface area contributed by atoms with Crippen LogP contribution < -0.4 is 16.9 Å². The minimum absolute atomic E-state index is 0.0434. The zero-order valence-corrected chi connectivity index (χ0v) is 20.8. The van der Waals surface area contributed by atoms with E-state index in [9.17, 15) is 26.3 Å². The van der Waals surface area contributed by atoms with Gasteiger partial charge in [0.15, 0.2) is 0 Å². The summed E-state index contributed by atoms with van der Waals surface area (Å²) in [6.45, 7) is 6.38. The number of benzene rings is 2. The third-order valence-corrected chi connectivity index (χ3v) is 5.89. The summed E-state index contributed by atoms with van der Waals surface area (Å²) < 4.78 is 87.1. The number of anilines is 2. The van der Waals surface area contributed by atoms with Crippen molar-refractivity contribution in [3.63, 3.8) is 0 Å². The van der Waals surface area contributed by atoms with Crippen molar-refractivity contribution in [3.05, 3.63) is 59.2 Å². The van der Waals surface area contributed by atoms with E-state index in [0.29, 0.717) is 24.2 Å². The van der Waals surface area contributed by atoms with Crippen LogP contribution in [0.1, 0.15) is 37.0 Å². The second kappa shape index (κ2) is 11.0. The largest absolute Gasteiger partial charge is 0.493 e. The lowest BCUT2D eigenvalue weighted by Crippen LogP contribution is -2.47. The van der Waals surface area contributed by atoms with Crippen LogP contribution in [0.3, 0.4) is 0 Å². The molecule has 0 spiro atoms. The van der Waals surface area contributed by atoms with Crippen LogP contribution in [0.2, 0.25) is 0 Å². The van der Waals surface area contributed by atoms with Gasteiger partial charge in [-0.05, 0) is 60.4 Å². The Balaban J connectivity index is 0.000000206. The van der Waals surface area contributed by atoms with Crippen LogP contribution in [0, 0.1) is 5.41 Å². The van der Waals surface area contributed by atoms with Crippen molar-refractivity contribution < 1.29 is 35.7 Å². The van der Waals surface area contributed by atoms with Crippen LogP contribution in [0.5, 0.6) is 0 Å². The smallest absolute Gasteiger partial charge is 0.407 e. The second-order valence-electron chi connectivity index (χ2n) is 10.1. The molecule has 0 atom stereocenters. The van der Waals surface area contributed by atoms with E-state index in [0.717, 1.165) is 43.3 Å². The third kappa shape index (κ3) is 8.14. The van der Waals surface area contributed by atoms with Gasteiger partial charge in [-0.3, -0.25) is 0 Å². The number of nitrogen functional groups attached to an aromatic ring is 2. The normalized spacial score (nSPS) is 18.6. The number of hydrogen-bond donors (Lipinski definition) is 2. The summed E-state index contributed by atoms with van der Waals surface area (Å²) in [7, 11) is 1.19. The van der Waals surface area contributed by atoms with Crippen molar-refractivity contribution in [2.45, 2.75) is 32.6 Å². The Morgan fingerprint density at radius 2 is 1.38 bits per heavy atom. The maximum absolute atomic E-state index is 12.7. The van der Waals surface area contributed by atoms with Crippen LogP contribution in [-0.4, -0.2) is 45.4 Å². The van der Waals surface area contributed by atoms with Crippen molar-refractivity contribution >= 4 is 29.5 Å². The number of hydrogen-bond acceptors (Lipinski definition) is 5. The second-order valence-corrected chi connectivity index (χ2v) is 10.1. The molecule has 202 valence electrons. The Morgan fingerprint density at radius 1 is 0.838 bits per heavy atom. The molecule has 0 saturated carbocycles. The zero-order chi connectivity index (χ0) is 27.6. The first kappa shape index (κ1) is 28.9. The number of alkyl halides is 6. The molecule has 0 aliphatic carbocycles. The van der Waals surface area contributed by atoms with Crippen molar-refractivity contribution in [1.29, 1.82) is 0 Å². The molecule has 0 unspecified atom stereocenters. The van der Waals surface area contributed by atoms with Crippen molar-refractivity contribution in [1.82, 2.24) is 4.90 Å². The molecule has 0 aromatic heterocycles. The Kier molecular flexibility index (Phi) is 8.55. The highest BCUT2D eigenvalue weighted by Crippen LogP contribution is 2.34. The van der Waals surface area contributed by atoms with E-state index in [1.54, 1.807) is 6.07 Å². The summed E-state index contributed by atoms with van der Waals surface area (Å²) in [4.78, 5) is 2.11. The van der Waals surface area contributed by atoms with Gasteiger partial charge in [-0.1, -0.05) is 26.0 Å². The molecule has 1 saturated heterocycles. The summed E-state index contributed by atoms with van der Waals surface area (Å²) in [5.74, 6) is 0. The first-order chi connectivity index (χ1) is 17.0. The van der Waals surface area contributed by atoms with Crippen LogP contribution in [0.15, 0.2) is 42.5 Å². The Morgan fingerprint density at radius 3 is 1.89 bits per heavy atom. The molecule has 2 aromatic carbocycles. The number of nitrogens with two attached hydrogens (primary N) is 2. The number of nitrogens with zero attached hydrogens (tertiary/aromatic N) is 1. The molecule has 2 aliphatic rings. The predicted octanol–water partition coefficient (Wildman–Crippen LogP) is 5.06. The molecule has 1 fully saturated rings. The Bertz CT molecular complexity index is 1120. The van der Waals surface area contributed by atoms with E-state index >= 15 is 0 Å². The fourth-order valence-electron chi connectivity index (χ4n) is 3.89. The lowest BCUT2D eigenvalue weighted by Gasteiger charge is -2.33. The van der Waals surface area contributed by atoms with Crippen LogP contribution in [-0.2, 0) is 21.7 Å². The SMILES string of the molecule is CC1(C)COB(c2cc(N)cc(C(F)(F)F)c2)OC1.CN1CC=C(c2cc(N)cc(C(F)(F)F)c2)CC1. The van der Waals surface area contributed by atoms with Crippen molar-refractivity contribution in [2.75, 3.05) is 44.8 Å². The van der Waals surface area contributed by atoms with Crippen LogP contribution in [0.25, 0.3) is 5.57 Å². The minimum Gasteiger partial charge on any atom is -0.407 e. The summed E-state index contributed by atoms with van der Waals surface area (Å²) in [6.07, 6.45) is -6.08.